The van der Waals surface area contributed by atoms with Crippen LogP contribution in [0.15, 0.2) is 0 Å². The van der Waals surface area contributed by atoms with Crippen molar-refractivity contribution in [1.82, 2.24) is 0 Å². The smallest absolute Gasteiger partial charge is 0.462 e. The zero-order valence-electron chi connectivity index (χ0n) is 55.1. The minimum atomic E-state index is -4.95. The van der Waals surface area contributed by atoms with E-state index in [-0.39, 0.29) is 25.7 Å². The molecule has 0 aromatic carbocycles. The molecule has 0 rings (SSSR count). The molecule has 0 bridgehead atoms. The van der Waals surface area contributed by atoms with Gasteiger partial charge in [0.1, 0.15) is 19.3 Å². The van der Waals surface area contributed by atoms with Gasteiger partial charge in [-0.25, -0.2) is 9.13 Å². The fourth-order valence-electron chi connectivity index (χ4n) is 9.83. The summed E-state index contributed by atoms with van der Waals surface area (Å²) in [7, 11) is -9.89. The Balaban J connectivity index is 5.17. The molecule has 19 heteroatoms. The Labute approximate surface area is 517 Å². The molecular formula is C66H128O17P2. The summed E-state index contributed by atoms with van der Waals surface area (Å²) in [6.07, 6.45) is 39.3. The lowest BCUT2D eigenvalue weighted by Gasteiger charge is -2.21. The Morgan fingerprint density at radius 1 is 0.318 bits per heavy atom. The van der Waals surface area contributed by atoms with Crippen molar-refractivity contribution in [2.75, 3.05) is 39.6 Å². The zero-order valence-corrected chi connectivity index (χ0v) is 56.9. The Kier molecular flexibility index (Phi) is 55.9. The number of hydrogen-bond donors (Lipinski definition) is 3. The molecule has 504 valence electrons. The Morgan fingerprint density at radius 3 is 0.800 bits per heavy atom. The van der Waals surface area contributed by atoms with Crippen molar-refractivity contribution >= 4 is 39.5 Å². The van der Waals surface area contributed by atoms with Gasteiger partial charge in [-0.2, -0.15) is 0 Å². The van der Waals surface area contributed by atoms with E-state index in [0.717, 1.165) is 115 Å². The molecule has 5 atom stereocenters. The van der Waals surface area contributed by atoms with Gasteiger partial charge >= 0.3 is 39.5 Å². The van der Waals surface area contributed by atoms with Crippen LogP contribution in [0.2, 0.25) is 0 Å². The van der Waals surface area contributed by atoms with Crippen molar-refractivity contribution < 1.29 is 80.2 Å². The second-order valence-electron chi connectivity index (χ2n) is 25.3. The van der Waals surface area contributed by atoms with Crippen LogP contribution in [-0.2, 0) is 65.4 Å². The summed E-state index contributed by atoms with van der Waals surface area (Å²) < 4.78 is 67.9. The van der Waals surface area contributed by atoms with E-state index in [1.807, 2.05) is 0 Å². The maximum atomic E-state index is 13.0. The number of rotatable bonds is 64. The molecule has 3 N–H and O–H groups in total. The van der Waals surface area contributed by atoms with Crippen LogP contribution in [0.5, 0.6) is 0 Å². The van der Waals surface area contributed by atoms with Crippen molar-refractivity contribution in [1.29, 1.82) is 0 Å². The minimum absolute atomic E-state index is 0.101. The van der Waals surface area contributed by atoms with Crippen LogP contribution in [0.25, 0.3) is 0 Å². The van der Waals surface area contributed by atoms with E-state index >= 15 is 0 Å². The van der Waals surface area contributed by atoms with Crippen molar-refractivity contribution in [3.63, 3.8) is 0 Å². The highest BCUT2D eigenvalue weighted by molar-refractivity contribution is 7.47. The van der Waals surface area contributed by atoms with Gasteiger partial charge in [0.2, 0.25) is 0 Å². The third-order valence-corrected chi connectivity index (χ3v) is 17.0. The number of aliphatic hydroxyl groups excluding tert-OH is 1. The predicted molar refractivity (Wildman–Crippen MR) is 340 cm³/mol. The second kappa shape index (κ2) is 57.2. The summed E-state index contributed by atoms with van der Waals surface area (Å²) in [4.78, 5) is 72.1. The highest BCUT2D eigenvalue weighted by Gasteiger charge is 2.30. The summed E-state index contributed by atoms with van der Waals surface area (Å²) in [5, 5.41) is 10.5. The molecule has 0 spiro atoms. The lowest BCUT2D eigenvalue weighted by Crippen LogP contribution is -2.30. The van der Waals surface area contributed by atoms with Gasteiger partial charge in [-0.05, 0) is 43.4 Å². The zero-order chi connectivity index (χ0) is 63.1. The molecule has 0 amide bonds. The van der Waals surface area contributed by atoms with Crippen LogP contribution in [0, 0.1) is 17.8 Å². The summed E-state index contributed by atoms with van der Waals surface area (Å²) >= 11 is 0. The fourth-order valence-corrected chi connectivity index (χ4v) is 11.4. The number of esters is 4. The van der Waals surface area contributed by atoms with Gasteiger partial charge < -0.3 is 33.8 Å². The van der Waals surface area contributed by atoms with Crippen LogP contribution in [0.1, 0.15) is 325 Å². The van der Waals surface area contributed by atoms with Crippen LogP contribution < -0.4 is 0 Å². The van der Waals surface area contributed by atoms with E-state index < -0.39 is 97.5 Å². The standard InChI is InChI=1S/C66H128O17P2/c1-8-9-10-11-23-33-40-47-63(68)76-53-62(83-66(71)50-43-36-29-28-32-39-46-59(6)7)56-81-85(74,75)79-52-60(67)51-78-84(72,73)80-55-61(54-77-64(69)48-41-34-26-22-21-25-31-38-45-58(4)5)82-65(70)49-42-35-27-20-18-16-14-12-13-15-17-19-24-30-37-44-57(2)3/h57-62,67H,8-56H2,1-7H3,(H,72,73)(H,74,75)/t60-,61-,62-/m1/s1. The first kappa shape index (κ1) is 83.1. The van der Waals surface area contributed by atoms with E-state index in [1.54, 1.807) is 0 Å². The monoisotopic (exact) mass is 1250 g/mol. The molecule has 2 unspecified atom stereocenters. The maximum absolute atomic E-state index is 13.0. The van der Waals surface area contributed by atoms with Crippen molar-refractivity contribution in [3.8, 4) is 0 Å². The molecule has 0 saturated heterocycles. The summed E-state index contributed by atoms with van der Waals surface area (Å²) in [5.41, 5.74) is 0. The molecule has 0 radical (unpaired) electrons. The summed E-state index contributed by atoms with van der Waals surface area (Å²) in [6, 6.07) is 0. The Hall–Kier alpha value is -1.94. The van der Waals surface area contributed by atoms with E-state index in [0.29, 0.717) is 31.6 Å². The lowest BCUT2D eigenvalue weighted by atomic mass is 10.0. The molecule has 0 saturated carbocycles. The number of ether oxygens (including phenoxy) is 4. The van der Waals surface area contributed by atoms with Crippen LogP contribution in [0.4, 0.5) is 0 Å². The predicted octanol–water partition coefficient (Wildman–Crippen LogP) is 18.3. The first-order valence-electron chi connectivity index (χ1n) is 34.3. The number of hydrogen-bond acceptors (Lipinski definition) is 15. The third-order valence-electron chi connectivity index (χ3n) is 15.1. The Bertz CT molecular complexity index is 1680. The van der Waals surface area contributed by atoms with Crippen LogP contribution >= 0.6 is 15.6 Å². The van der Waals surface area contributed by atoms with Crippen LogP contribution in [0.3, 0.4) is 0 Å². The Morgan fingerprint density at radius 2 is 0.541 bits per heavy atom. The largest absolute Gasteiger partial charge is 0.472 e. The van der Waals surface area contributed by atoms with Gasteiger partial charge in [-0.3, -0.25) is 37.3 Å². The van der Waals surface area contributed by atoms with E-state index in [9.17, 15) is 43.2 Å². The van der Waals surface area contributed by atoms with Gasteiger partial charge in [0, 0.05) is 25.7 Å². The van der Waals surface area contributed by atoms with Gasteiger partial charge in [0.05, 0.1) is 26.4 Å². The number of carbonyl (C=O) groups excluding carboxylic acids is 4. The van der Waals surface area contributed by atoms with E-state index in [4.69, 9.17) is 37.0 Å². The van der Waals surface area contributed by atoms with Crippen molar-refractivity contribution in [2.45, 2.75) is 343 Å². The number of carbonyl (C=O) groups is 4. The average Bonchev–Trinajstić information content (AvgIpc) is 3.57. The highest BCUT2D eigenvalue weighted by Crippen LogP contribution is 2.45. The molecule has 0 aromatic rings. The quantitative estimate of drug-likeness (QED) is 0.0222. The van der Waals surface area contributed by atoms with Crippen molar-refractivity contribution in [3.05, 3.63) is 0 Å². The SMILES string of the molecule is CCCCCCCCCC(=O)OC[C@H](COP(=O)(O)OC[C@H](O)COP(=O)(O)OC[C@@H](COC(=O)CCCCCCCCCCC(C)C)OC(=O)CCCCCCCCCCCCCCCCCC(C)C)OC(=O)CCCCCCCCC(C)C. The molecule has 0 aliphatic heterocycles. The van der Waals surface area contributed by atoms with Crippen LogP contribution in [-0.4, -0.2) is 96.7 Å². The molecule has 0 aromatic heterocycles. The highest BCUT2D eigenvalue weighted by atomic mass is 31.2. The van der Waals surface area contributed by atoms with E-state index in [1.165, 1.54) is 122 Å². The first-order chi connectivity index (χ1) is 40.7. The fraction of sp³-hybridized carbons (Fsp3) is 0.939. The van der Waals surface area contributed by atoms with Gasteiger partial charge in [-0.15, -0.1) is 0 Å². The third kappa shape index (κ3) is 60.7. The number of phosphoric ester groups is 2. The van der Waals surface area contributed by atoms with Gasteiger partial charge in [-0.1, -0.05) is 273 Å². The summed E-state index contributed by atoms with van der Waals surface area (Å²) in [5.74, 6) is 0.0571. The molecule has 85 heavy (non-hydrogen) atoms. The average molecular weight is 1260 g/mol. The normalized spacial score (nSPS) is 14.3. The number of aliphatic hydroxyl groups is 1. The minimum Gasteiger partial charge on any atom is -0.462 e. The van der Waals surface area contributed by atoms with Gasteiger partial charge in [0.15, 0.2) is 12.2 Å². The van der Waals surface area contributed by atoms with Gasteiger partial charge in [0.25, 0.3) is 0 Å². The molecule has 0 fully saturated rings. The number of unbranched alkanes of at least 4 members (excludes halogenated alkanes) is 32. The number of phosphoric acid groups is 2. The topological polar surface area (TPSA) is 237 Å². The molecule has 0 heterocycles. The second-order valence-corrected chi connectivity index (χ2v) is 28.2. The van der Waals surface area contributed by atoms with E-state index in [2.05, 4.69) is 48.5 Å². The molecule has 17 nitrogen and oxygen atoms in total. The molecule has 0 aliphatic carbocycles. The first-order valence-corrected chi connectivity index (χ1v) is 37.3. The summed E-state index contributed by atoms with van der Waals surface area (Å²) in [6.45, 7) is 11.7. The van der Waals surface area contributed by atoms with Crippen molar-refractivity contribution in [2.24, 2.45) is 17.8 Å². The molecule has 0 aliphatic rings. The molecular weight excluding hydrogens is 1130 g/mol. The maximum Gasteiger partial charge on any atom is 0.472 e. The lowest BCUT2D eigenvalue weighted by molar-refractivity contribution is -0.161.